The van der Waals surface area contributed by atoms with Crippen molar-refractivity contribution < 1.29 is 14.6 Å². The van der Waals surface area contributed by atoms with Gasteiger partial charge in [-0.05, 0) is 50.5 Å². The number of carboxylic acids is 1. The molecule has 0 aromatic heterocycles. The first-order chi connectivity index (χ1) is 7.77. The summed E-state index contributed by atoms with van der Waals surface area (Å²) in [5, 5.41) is 12.1. The second-order valence-corrected chi connectivity index (χ2v) is 4.98. The van der Waals surface area contributed by atoms with Crippen molar-refractivity contribution in [2.45, 2.75) is 38.1 Å². The third-order valence-corrected chi connectivity index (χ3v) is 3.24. The fourth-order valence-corrected chi connectivity index (χ4v) is 1.85. The molecular weight excluding hydrogens is 206 g/mol. The molecule has 0 aromatic carbocycles. The van der Waals surface area contributed by atoms with Crippen LogP contribution in [-0.2, 0) is 9.53 Å². The lowest BCUT2D eigenvalue weighted by atomic mass is 10.2. The highest BCUT2D eigenvalue weighted by Crippen LogP contribution is 2.32. The SMILES string of the molecule is O=C(O)C(NCCCOCC1CC1)C1CC1. The van der Waals surface area contributed by atoms with Crippen molar-refractivity contribution >= 4 is 5.97 Å². The molecule has 0 amide bonds. The lowest BCUT2D eigenvalue weighted by Gasteiger charge is -2.13. The molecule has 0 heterocycles. The van der Waals surface area contributed by atoms with Crippen LogP contribution in [0.4, 0.5) is 0 Å². The average molecular weight is 227 g/mol. The van der Waals surface area contributed by atoms with Crippen molar-refractivity contribution in [3.05, 3.63) is 0 Å². The largest absolute Gasteiger partial charge is 0.480 e. The Morgan fingerprint density at radius 3 is 2.69 bits per heavy atom. The first-order valence-electron chi connectivity index (χ1n) is 6.31. The van der Waals surface area contributed by atoms with E-state index in [0.717, 1.165) is 44.9 Å². The molecule has 0 aliphatic heterocycles. The van der Waals surface area contributed by atoms with Crippen LogP contribution in [0.2, 0.25) is 0 Å². The summed E-state index contributed by atoms with van der Waals surface area (Å²) < 4.78 is 5.49. The van der Waals surface area contributed by atoms with E-state index < -0.39 is 5.97 Å². The fourth-order valence-electron chi connectivity index (χ4n) is 1.85. The average Bonchev–Trinajstić information content (AvgIpc) is 3.10. The molecule has 2 aliphatic carbocycles. The van der Waals surface area contributed by atoms with Gasteiger partial charge < -0.3 is 15.2 Å². The molecule has 2 N–H and O–H groups in total. The Balaban J connectivity index is 1.47. The highest BCUT2D eigenvalue weighted by molar-refractivity contribution is 5.74. The zero-order chi connectivity index (χ0) is 11.4. The molecule has 2 rings (SSSR count). The maximum absolute atomic E-state index is 10.9. The molecule has 16 heavy (non-hydrogen) atoms. The van der Waals surface area contributed by atoms with Gasteiger partial charge in [0.1, 0.15) is 6.04 Å². The molecule has 2 saturated carbocycles. The predicted octanol–water partition coefficient (Wildman–Crippen LogP) is 1.26. The topological polar surface area (TPSA) is 58.6 Å². The van der Waals surface area contributed by atoms with Crippen LogP contribution >= 0.6 is 0 Å². The smallest absolute Gasteiger partial charge is 0.320 e. The van der Waals surface area contributed by atoms with Crippen LogP contribution in [-0.4, -0.2) is 36.9 Å². The molecular formula is C12H21NO3. The Kier molecular flexibility index (Phi) is 4.18. The van der Waals surface area contributed by atoms with Gasteiger partial charge in [-0.1, -0.05) is 0 Å². The van der Waals surface area contributed by atoms with E-state index in [2.05, 4.69) is 5.32 Å². The number of hydrogen-bond donors (Lipinski definition) is 2. The highest BCUT2D eigenvalue weighted by Gasteiger charge is 2.35. The van der Waals surface area contributed by atoms with Crippen LogP contribution in [0.15, 0.2) is 0 Å². The number of nitrogens with one attached hydrogen (secondary N) is 1. The van der Waals surface area contributed by atoms with Gasteiger partial charge in [-0.15, -0.1) is 0 Å². The van der Waals surface area contributed by atoms with Crippen molar-refractivity contribution in [2.75, 3.05) is 19.8 Å². The Morgan fingerprint density at radius 2 is 2.12 bits per heavy atom. The minimum atomic E-state index is -0.707. The molecule has 0 saturated heterocycles. The molecule has 2 aliphatic rings. The van der Waals surface area contributed by atoms with Crippen molar-refractivity contribution in [1.82, 2.24) is 5.32 Å². The summed E-state index contributed by atoms with van der Waals surface area (Å²) in [6.07, 6.45) is 5.66. The van der Waals surface area contributed by atoms with E-state index in [1.54, 1.807) is 0 Å². The van der Waals surface area contributed by atoms with E-state index in [4.69, 9.17) is 9.84 Å². The number of rotatable bonds is 9. The molecule has 0 aromatic rings. The van der Waals surface area contributed by atoms with Crippen molar-refractivity contribution in [3.8, 4) is 0 Å². The Morgan fingerprint density at radius 1 is 1.38 bits per heavy atom. The minimum absolute atomic E-state index is 0.330. The highest BCUT2D eigenvalue weighted by atomic mass is 16.5. The molecule has 92 valence electrons. The Hall–Kier alpha value is -0.610. The summed E-state index contributed by atoms with van der Waals surface area (Å²) in [5.74, 6) is 0.470. The number of aliphatic carboxylic acids is 1. The summed E-state index contributed by atoms with van der Waals surface area (Å²) >= 11 is 0. The number of ether oxygens (including phenoxy) is 1. The van der Waals surface area contributed by atoms with E-state index in [-0.39, 0.29) is 6.04 Å². The van der Waals surface area contributed by atoms with Crippen LogP contribution in [0.5, 0.6) is 0 Å². The lowest BCUT2D eigenvalue weighted by molar-refractivity contribution is -0.140. The van der Waals surface area contributed by atoms with Crippen molar-refractivity contribution in [1.29, 1.82) is 0 Å². The lowest BCUT2D eigenvalue weighted by Crippen LogP contribution is -2.39. The third-order valence-electron chi connectivity index (χ3n) is 3.24. The Labute approximate surface area is 96.4 Å². The van der Waals surface area contributed by atoms with E-state index in [0.29, 0.717) is 5.92 Å². The summed E-state index contributed by atoms with van der Waals surface area (Å²) in [4.78, 5) is 10.9. The standard InChI is InChI=1S/C12H21NO3/c14-12(15)11(10-4-5-10)13-6-1-7-16-8-9-2-3-9/h9-11,13H,1-8H2,(H,14,15). The fraction of sp³-hybridized carbons (Fsp3) is 0.917. The first kappa shape index (κ1) is 11.9. The monoisotopic (exact) mass is 227 g/mol. The van der Waals surface area contributed by atoms with Crippen LogP contribution in [0.25, 0.3) is 0 Å². The zero-order valence-electron chi connectivity index (χ0n) is 9.65. The van der Waals surface area contributed by atoms with Crippen molar-refractivity contribution in [2.24, 2.45) is 11.8 Å². The van der Waals surface area contributed by atoms with Gasteiger partial charge in [0.2, 0.25) is 0 Å². The first-order valence-corrected chi connectivity index (χ1v) is 6.31. The second kappa shape index (κ2) is 5.64. The summed E-state index contributed by atoms with van der Waals surface area (Å²) in [5.41, 5.74) is 0. The van der Waals surface area contributed by atoms with Crippen molar-refractivity contribution in [3.63, 3.8) is 0 Å². The van der Waals surface area contributed by atoms with Gasteiger partial charge in [-0.2, -0.15) is 0 Å². The maximum atomic E-state index is 10.9. The molecule has 2 fully saturated rings. The predicted molar refractivity (Wildman–Crippen MR) is 60.3 cm³/mol. The third kappa shape index (κ3) is 4.10. The number of carboxylic acid groups (broad SMARTS) is 1. The quantitative estimate of drug-likeness (QED) is 0.582. The second-order valence-electron chi connectivity index (χ2n) is 4.98. The van der Waals surface area contributed by atoms with E-state index >= 15 is 0 Å². The molecule has 4 heteroatoms. The van der Waals surface area contributed by atoms with E-state index in [9.17, 15) is 4.79 Å². The van der Waals surface area contributed by atoms with Crippen LogP contribution in [0.3, 0.4) is 0 Å². The van der Waals surface area contributed by atoms with Gasteiger partial charge in [-0.25, -0.2) is 0 Å². The summed E-state index contributed by atoms with van der Waals surface area (Å²) in [6, 6.07) is -0.330. The van der Waals surface area contributed by atoms with Gasteiger partial charge in [0.15, 0.2) is 0 Å². The molecule has 0 bridgehead atoms. The van der Waals surface area contributed by atoms with Crippen LogP contribution in [0.1, 0.15) is 32.1 Å². The maximum Gasteiger partial charge on any atom is 0.320 e. The number of carbonyl (C=O) groups is 1. The zero-order valence-corrected chi connectivity index (χ0v) is 9.65. The molecule has 4 nitrogen and oxygen atoms in total. The van der Waals surface area contributed by atoms with E-state index in [1.807, 2.05) is 0 Å². The Bertz CT molecular complexity index is 236. The summed E-state index contributed by atoms with van der Waals surface area (Å²) in [7, 11) is 0. The van der Waals surface area contributed by atoms with Gasteiger partial charge in [0.25, 0.3) is 0 Å². The summed E-state index contributed by atoms with van der Waals surface area (Å²) in [6.45, 7) is 2.39. The van der Waals surface area contributed by atoms with Gasteiger partial charge in [-0.3, -0.25) is 4.79 Å². The van der Waals surface area contributed by atoms with Crippen LogP contribution < -0.4 is 5.32 Å². The molecule has 0 spiro atoms. The van der Waals surface area contributed by atoms with Gasteiger partial charge in [0.05, 0.1) is 0 Å². The van der Waals surface area contributed by atoms with E-state index in [1.165, 1.54) is 12.8 Å². The minimum Gasteiger partial charge on any atom is -0.480 e. The molecule has 1 atom stereocenters. The van der Waals surface area contributed by atoms with Crippen LogP contribution in [0, 0.1) is 11.8 Å². The molecule has 1 unspecified atom stereocenters. The molecule has 0 radical (unpaired) electrons. The number of hydrogen-bond acceptors (Lipinski definition) is 3. The normalized spacial score (nSPS) is 22.0. The van der Waals surface area contributed by atoms with Gasteiger partial charge in [0, 0.05) is 13.2 Å². The van der Waals surface area contributed by atoms with Gasteiger partial charge >= 0.3 is 5.97 Å².